The van der Waals surface area contributed by atoms with Crippen molar-refractivity contribution in [1.29, 1.82) is 0 Å². The van der Waals surface area contributed by atoms with E-state index in [1.165, 1.54) is 6.42 Å². The van der Waals surface area contributed by atoms with Gasteiger partial charge in [0, 0.05) is 10.9 Å². The Kier molecular flexibility index (Phi) is 3.45. The number of halogens is 1. The van der Waals surface area contributed by atoms with Crippen molar-refractivity contribution in [1.82, 2.24) is 0 Å². The van der Waals surface area contributed by atoms with Gasteiger partial charge in [0.1, 0.15) is 0 Å². The predicted octanol–water partition coefficient (Wildman–Crippen LogP) is 3.73. The van der Waals surface area contributed by atoms with Gasteiger partial charge in [-0.25, -0.2) is 0 Å². The average molecular weight is 223 g/mol. The fourth-order valence-corrected chi connectivity index (χ4v) is 2.13. The quantitative estimate of drug-likeness (QED) is 0.756. The summed E-state index contributed by atoms with van der Waals surface area (Å²) in [6, 6.07) is 7.45. The van der Waals surface area contributed by atoms with E-state index in [0.717, 1.165) is 18.4 Å². The lowest BCUT2D eigenvalue weighted by Gasteiger charge is -2.22. The molecule has 1 aliphatic rings. The summed E-state index contributed by atoms with van der Waals surface area (Å²) in [4.78, 5) is 0. The molecule has 2 heteroatoms. The Bertz CT molecular complexity index is 342. The molecule has 0 spiro atoms. The van der Waals surface area contributed by atoms with E-state index in [9.17, 15) is 5.11 Å². The van der Waals surface area contributed by atoms with Crippen molar-refractivity contribution in [3.05, 3.63) is 47.0 Å². The smallest absolute Gasteiger partial charge is 0.0852 e. The standard InChI is InChI=1S/C13H15ClO/c14-12-8-6-11(7-9-12)13(15)10-4-2-1-3-5-10/h2,4,6-10,13,15H,1,3,5H2. The predicted molar refractivity (Wildman–Crippen MR) is 62.9 cm³/mol. The molecule has 2 unspecified atom stereocenters. The molecule has 1 N–H and O–H groups in total. The van der Waals surface area contributed by atoms with Crippen LogP contribution in [0.25, 0.3) is 0 Å². The van der Waals surface area contributed by atoms with Gasteiger partial charge in [-0.3, -0.25) is 0 Å². The third-order valence-corrected chi connectivity index (χ3v) is 3.16. The van der Waals surface area contributed by atoms with Crippen LogP contribution in [0.15, 0.2) is 36.4 Å². The summed E-state index contributed by atoms with van der Waals surface area (Å²) in [7, 11) is 0. The minimum Gasteiger partial charge on any atom is -0.388 e. The van der Waals surface area contributed by atoms with Gasteiger partial charge < -0.3 is 5.11 Å². The summed E-state index contributed by atoms with van der Waals surface area (Å²) in [5.74, 6) is 0.264. The Balaban J connectivity index is 2.12. The zero-order valence-corrected chi connectivity index (χ0v) is 9.32. The second-order valence-corrected chi connectivity index (χ2v) is 4.46. The Morgan fingerprint density at radius 2 is 2.00 bits per heavy atom. The third-order valence-electron chi connectivity index (χ3n) is 2.91. The fraction of sp³-hybridized carbons (Fsp3) is 0.385. The van der Waals surface area contributed by atoms with Gasteiger partial charge in [-0.2, -0.15) is 0 Å². The lowest BCUT2D eigenvalue weighted by molar-refractivity contribution is 0.123. The van der Waals surface area contributed by atoms with Crippen molar-refractivity contribution in [3.63, 3.8) is 0 Å². The number of aliphatic hydroxyl groups excluding tert-OH is 1. The maximum absolute atomic E-state index is 10.1. The first-order valence-electron chi connectivity index (χ1n) is 5.37. The highest BCUT2D eigenvalue weighted by atomic mass is 35.5. The van der Waals surface area contributed by atoms with Gasteiger partial charge in [0.05, 0.1) is 6.10 Å². The molecule has 80 valence electrons. The van der Waals surface area contributed by atoms with E-state index in [1.54, 1.807) is 0 Å². The molecule has 2 atom stereocenters. The molecular weight excluding hydrogens is 208 g/mol. The van der Waals surface area contributed by atoms with Gasteiger partial charge in [0.25, 0.3) is 0 Å². The van der Waals surface area contributed by atoms with E-state index in [1.807, 2.05) is 24.3 Å². The van der Waals surface area contributed by atoms with E-state index in [-0.39, 0.29) is 12.0 Å². The Hall–Kier alpha value is -0.790. The zero-order valence-electron chi connectivity index (χ0n) is 8.57. The number of hydrogen-bond acceptors (Lipinski definition) is 1. The van der Waals surface area contributed by atoms with Crippen molar-refractivity contribution in [2.24, 2.45) is 5.92 Å². The maximum Gasteiger partial charge on any atom is 0.0852 e. The number of hydrogen-bond donors (Lipinski definition) is 1. The number of rotatable bonds is 2. The molecule has 1 nitrogen and oxygen atoms in total. The molecule has 0 saturated carbocycles. The first-order chi connectivity index (χ1) is 7.27. The lowest BCUT2D eigenvalue weighted by Crippen LogP contribution is -2.12. The Morgan fingerprint density at radius 3 is 2.60 bits per heavy atom. The summed E-state index contributed by atoms with van der Waals surface area (Å²) in [5, 5.41) is 10.9. The molecule has 0 radical (unpaired) electrons. The monoisotopic (exact) mass is 222 g/mol. The molecule has 2 rings (SSSR count). The van der Waals surface area contributed by atoms with Crippen molar-refractivity contribution in [3.8, 4) is 0 Å². The van der Waals surface area contributed by atoms with Crippen LogP contribution in [0.3, 0.4) is 0 Å². The SMILES string of the molecule is OC(c1ccc(Cl)cc1)C1C=CCCC1. The summed E-state index contributed by atoms with van der Waals surface area (Å²) in [5.41, 5.74) is 0.955. The fourth-order valence-electron chi connectivity index (χ4n) is 2.01. The summed E-state index contributed by atoms with van der Waals surface area (Å²) in [6.07, 6.45) is 7.28. The van der Waals surface area contributed by atoms with Crippen LogP contribution < -0.4 is 0 Å². The minimum absolute atomic E-state index is 0.264. The largest absolute Gasteiger partial charge is 0.388 e. The van der Waals surface area contributed by atoms with Crippen molar-refractivity contribution in [2.75, 3.05) is 0 Å². The first-order valence-corrected chi connectivity index (χ1v) is 5.75. The van der Waals surface area contributed by atoms with E-state index in [2.05, 4.69) is 12.2 Å². The molecule has 1 aromatic carbocycles. The maximum atomic E-state index is 10.1. The number of benzene rings is 1. The highest BCUT2D eigenvalue weighted by Gasteiger charge is 2.19. The molecular formula is C13H15ClO. The highest BCUT2D eigenvalue weighted by molar-refractivity contribution is 6.30. The van der Waals surface area contributed by atoms with Crippen molar-refractivity contribution in [2.45, 2.75) is 25.4 Å². The zero-order chi connectivity index (χ0) is 10.7. The molecule has 0 bridgehead atoms. The van der Waals surface area contributed by atoms with E-state index >= 15 is 0 Å². The molecule has 0 saturated heterocycles. The van der Waals surface area contributed by atoms with Gasteiger partial charge in [-0.1, -0.05) is 35.9 Å². The molecule has 1 aliphatic carbocycles. The van der Waals surface area contributed by atoms with Crippen molar-refractivity contribution < 1.29 is 5.11 Å². The van der Waals surface area contributed by atoms with Gasteiger partial charge >= 0.3 is 0 Å². The minimum atomic E-state index is -0.390. The van der Waals surface area contributed by atoms with Crippen LogP contribution in [0.1, 0.15) is 30.9 Å². The molecule has 0 heterocycles. The van der Waals surface area contributed by atoms with Crippen molar-refractivity contribution >= 4 is 11.6 Å². The van der Waals surface area contributed by atoms with Crippen LogP contribution in [0.4, 0.5) is 0 Å². The normalized spacial score (nSPS) is 22.7. The number of aliphatic hydroxyl groups is 1. The van der Waals surface area contributed by atoms with Gasteiger partial charge in [0.2, 0.25) is 0 Å². The lowest BCUT2D eigenvalue weighted by atomic mass is 9.87. The first kappa shape index (κ1) is 10.7. The van der Waals surface area contributed by atoms with Gasteiger partial charge in [-0.15, -0.1) is 0 Å². The summed E-state index contributed by atoms with van der Waals surface area (Å²) < 4.78 is 0. The third kappa shape index (κ3) is 2.61. The molecule has 0 aliphatic heterocycles. The van der Waals surface area contributed by atoms with Crippen LogP contribution in [0.5, 0.6) is 0 Å². The molecule has 0 amide bonds. The average Bonchev–Trinajstić information content (AvgIpc) is 2.30. The second-order valence-electron chi connectivity index (χ2n) is 4.02. The van der Waals surface area contributed by atoms with Crippen LogP contribution >= 0.6 is 11.6 Å². The number of allylic oxidation sites excluding steroid dienone is 1. The van der Waals surface area contributed by atoms with E-state index in [4.69, 9.17) is 11.6 Å². The summed E-state index contributed by atoms with van der Waals surface area (Å²) >= 11 is 5.81. The van der Waals surface area contributed by atoms with Crippen LogP contribution in [0, 0.1) is 5.92 Å². The molecule has 1 aromatic rings. The Morgan fingerprint density at radius 1 is 1.27 bits per heavy atom. The topological polar surface area (TPSA) is 20.2 Å². The summed E-state index contributed by atoms with van der Waals surface area (Å²) in [6.45, 7) is 0. The van der Waals surface area contributed by atoms with Crippen LogP contribution in [-0.2, 0) is 0 Å². The Labute approximate surface area is 95.4 Å². The molecule has 0 fully saturated rings. The van der Waals surface area contributed by atoms with Crippen LogP contribution in [0.2, 0.25) is 5.02 Å². The molecule has 0 aromatic heterocycles. The second kappa shape index (κ2) is 4.82. The molecule has 15 heavy (non-hydrogen) atoms. The van der Waals surface area contributed by atoms with Crippen LogP contribution in [-0.4, -0.2) is 5.11 Å². The highest BCUT2D eigenvalue weighted by Crippen LogP contribution is 2.30. The van der Waals surface area contributed by atoms with E-state index in [0.29, 0.717) is 5.02 Å². The van der Waals surface area contributed by atoms with Gasteiger partial charge in [-0.05, 0) is 37.0 Å². The van der Waals surface area contributed by atoms with Gasteiger partial charge in [0.15, 0.2) is 0 Å². The van der Waals surface area contributed by atoms with E-state index < -0.39 is 0 Å².